The number of rotatable bonds is 4. The predicted octanol–water partition coefficient (Wildman–Crippen LogP) is 2.49. The van der Waals surface area contributed by atoms with Crippen molar-refractivity contribution in [3.63, 3.8) is 0 Å². The number of nitrogens with one attached hydrogen (secondary N) is 1. The number of aromatic hydroxyl groups is 1. The molecule has 0 aliphatic carbocycles. The molecule has 25 heavy (non-hydrogen) atoms. The van der Waals surface area contributed by atoms with E-state index in [0.717, 1.165) is 0 Å². The van der Waals surface area contributed by atoms with Crippen molar-refractivity contribution < 1.29 is 18.7 Å². The lowest BCUT2D eigenvalue weighted by Gasteiger charge is -2.12. The number of phenolic OH excluding ortho intramolecular Hbond substituents is 1. The van der Waals surface area contributed by atoms with Crippen LogP contribution in [0.5, 0.6) is 5.75 Å². The van der Waals surface area contributed by atoms with Gasteiger partial charge in [0, 0.05) is 42.8 Å². The minimum Gasteiger partial charge on any atom is -0.507 e. The first kappa shape index (κ1) is 16.6. The van der Waals surface area contributed by atoms with E-state index in [1.165, 1.54) is 0 Å². The third-order valence-corrected chi connectivity index (χ3v) is 3.62. The number of hydrogen-bond donors (Lipinski definition) is 2. The number of phenols is 1. The standard InChI is InChI=1S/C17H14F2N4O2/c1-10-20-5-6-23(10)16-11(3-2-4-21-16)9-22-17(25)15-13(19)7-12(18)8-14(15)24/h2-8,24H,9H2,1H3,(H,22,25). The molecule has 1 aromatic carbocycles. The summed E-state index contributed by atoms with van der Waals surface area (Å²) in [6.07, 6.45) is 4.96. The lowest BCUT2D eigenvalue weighted by Crippen LogP contribution is -2.25. The van der Waals surface area contributed by atoms with Gasteiger partial charge in [0.1, 0.15) is 34.6 Å². The summed E-state index contributed by atoms with van der Waals surface area (Å²) in [6.45, 7) is 1.85. The van der Waals surface area contributed by atoms with E-state index in [1.807, 2.05) is 6.92 Å². The Hall–Kier alpha value is -3.29. The number of nitrogens with zero attached hydrogens (tertiary/aromatic N) is 3. The van der Waals surface area contributed by atoms with Gasteiger partial charge in [-0.2, -0.15) is 0 Å². The van der Waals surface area contributed by atoms with Crippen LogP contribution in [-0.2, 0) is 6.54 Å². The monoisotopic (exact) mass is 344 g/mol. The molecule has 0 unspecified atom stereocenters. The first-order chi connectivity index (χ1) is 12.0. The molecule has 3 aromatic rings. The van der Waals surface area contributed by atoms with Gasteiger partial charge in [-0.15, -0.1) is 0 Å². The molecule has 0 atom stereocenters. The highest BCUT2D eigenvalue weighted by atomic mass is 19.1. The fourth-order valence-corrected chi connectivity index (χ4v) is 2.44. The van der Waals surface area contributed by atoms with Crippen LogP contribution < -0.4 is 5.32 Å². The molecular weight excluding hydrogens is 330 g/mol. The number of hydrogen-bond acceptors (Lipinski definition) is 4. The summed E-state index contributed by atoms with van der Waals surface area (Å²) in [4.78, 5) is 20.6. The van der Waals surface area contributed by atoms with Crippen LogP contribution in [0, 0.1) is 18.6 Å². The van der Waals surface area contributed by atoms with Crippen LogP contribution >= 0.6 is 0 Å². The van der Waals surface area contributed by atoms with Crippen molar-refractivity contribution in [3.05, 3.63) is 71.4 Å². The molecule has 0 saturated heterocycles. The van der Waals surface area contributed by atoms with Crippen LogP contribution in [0.2, 0.25) is 0 Å². The zero-order chi connectivity index (χ0) is 18.0. The Morgan fingerprint density at radius 2 is 2.08 bits per heavy atom. The molecular formula is C17H14F2N4O2. The molecule has 2 N–H and O–H groups in total. The van der Waals surface area contributed by atoms with E-state index in [-0.39, 0.29) is 6.54 Å². The van der Waals surface area contributed by atoms with Crippen molar-refractivity contribution >= 4 is 5.91 Å². The van der Waals surface area contributed by atoms with E-state index in [9.17, 15) is 18.7 Å². The quantitative estimate of drug-likeness (QED) is 0.762. The molecule has 0 radical (unpaired) electrons. The smallest absolute Gasteiger partial charge is 0.258 e. The van der Waals surface area contributed by atoms with Gasteiger partial charge in [-0.25, -0.2) is 18.7 Å². The summed E-state index contributed by atoms with van der Waals surface area (Å²) in [7, 11) is 0. The second-order valence-electron chi connectivity index (χ2n) is 5.30. The number of imidazole rings is 1. The second-order valence-corrected chi connectivity index (χ2v) is 5.30. The van der Waals surface area contributed by atoms with Crippen LogP contribution in [0.4, 0.5) is 8.78 Å². The Kier molecular flexibility index (Phi) is 4.42. The molecule has 0 spiro atoms. The topological polar surface area (TPSA) is 80.0 Å². The van der Waals surface area contributed by atoms with Gasteiger partial charge >= 0.3 is 0 Å². The largest absolute Gasteiger partial charge is 0.507 e. The van der Waals surface area contributed by atoms with Gasteiger partial charge in [-0.05, 0) is 13.0 Å². The summed E-state index contributed by atoms with van der Waals surface area (Å²) < 4.78 is 28.5. The van der Waals surface area contributed by atoms with Gasteiger partial charge in [0.2, 0.25) is 0 Å². The summed E-state index contributed by atoms with van der Waals surface area (Å²) in [6, 6.07) is 4.68. The number of pyridine rings is 1. The number of carbonyl (C=O) groups is 1. The van der Waals surface area contributed by atoms with Crippen molar-refractivity contribution in [2.45, 2.75) is 13.5 Å². The average Bonchev–Trinajstić information content (AvgIpc) is 2.98. The van der Waals surface area contributed by atoms with Crippen molar-refractivity contribution in [1.29, 1.82) is 0 Å². The Bertz CT molecular complexity index is 917. The maximum absolute atomic E-state index is 13.8. The average molecular weight is 344 g/mol. The number of benzene rings is 1. The van der Waals surface area contributed by atoms with Crippen molar-refractivity contribution in [1.82, 2.24) is 19.9 Å². The number of halogens is 2. The maximum atomic E-state index is 13.8. The number of aromatic nitrogens is 3. The molecule has 8 heteroatoms. The van der Waals surface area contributed by atoms with Crippen LogP contribution in [0.15, 0.2) is 42.9 Å². The molecule has 2 aromatic heterocycles. The Labute approximate surface area is 141 Å². The summed E-state index contributed by atoms with van der Waals surface area (Å²) in [5.41, 5.74) is 0.0598. The van der Waals surface area contributed by atoms with Crippen LogP contribution in [0.1, 0.15) is 21.7 Å². The highest BCUT2D eigenvalue weighted by molar-refractivity contribution is 5.97. The molecule has 2 heterocycles. The number of aryl methyl sites for hydroxylation is 1. The Morgan fingerprint density at radius 3 is 2.76 bits per heavy atom. The first-order valence-corrected chi connectivity index (χ1v) is 7.38. The first-order valence-electron chi connectivity index (χ1n) is 7.38. The van der Waals surface area contributed by atoms with Gasteiger partial charge in [0.15, 0.2) is 0 Å². The molecule has 1 amide bonds. The van der Waals surface area contributed by atoms with E-state index in [1.54, 1.807) is 35.3 Å². The summed E-state index contributed by atoms with van der Waals surface area (Å²) in [5, 5.41) is 12.1. The fourth-order valence-electron chi connectivity index (χ4n) is 2.44. The summed E-state index contributed by atoms with van der Waals surface area (Å²) in [5.74, 6) is -2.42. The molecule has 128 valence electrons. The zero-order valence-electron chi connectivity index (χ0n) is 13.2. The van der Waals surface area contributed by atoms with Gasteiger partial charge in [0.05, 0.1) is 0 Å². The van der Waals surface area contributed by atoms with Crippen LogP contribution in [0.25, 0.3) is 5.82 Å². The van der Waals surface area contributed by atoms with E-state index in [2.05, 4.69) is 15.3 Å². The number of carbonyl (C=O) groups excluding carboxylic acids is 1. The van der Waals surface area contributed by atoms with Gasteiger partial charge in [-0.1, -0.05) is 6.07 Å². The molecule has 0 aliphatic heterocycles. The molecule has 0 aliphatic rings. The molecule has 0 fully saturated rings. The third-order valence-electron chi connectivity index (χ3n) is 3.62. The molecule has 0 bridgehead atoms. The Balaban J connectivity index is 1.84. The minimum absolute atomic E-state index is 0.0376. The SMILES string of the molecule is Cc1nccn1-c1ncccc1CNC(=O)c1c(O)cc(F)cc1F. The maximum Gasteiger partial charge on any atom is 0.258 e. The van der Waals surface area contributed by atoms with E-state index in [0.29, 0.717) is 29.3 Å². The Morgan fingerprint density at radius 1 is 1.28 bits per heavy atom. The van der Waals surface area contributed by atoms with Gasteiger partial charge in [-0.3, -0.25) is 9.36 Å². The van der Waals surface area contributed by atoms with E-state index < -0.39 is 28.9 Å². The van der Waals surface area contributed by atoms with Crippen LogP contribution in [0.3, 0.4) is 0 Å². The van der Waals surface area contributed by atoms with E-state index >= 15 is 0 Å². The van der Waals surface area contributed by atoms with Crippen molar-refractivity contribution in [2.24, 2.45) is 0 Å². The minimum atomic E-state index is -1.13. The predicted molar refractivity (Wildman–Crippen MR) is 85.3 cm³/mol. The fraction of sp³-hybridized carbons (Fsp3) is 0.118. The lowest BCUT2D eigenvalue weighted by atomic mass is 10.1. The highest BCUT2D eigenvalue weighted by Gasteiger charge is 2.19. The second kappa shape index (κ2) is 6.68. The zero-order valence-corrected chi connectivity index (χ0v) is 13.2. The third kappa shape index (κ3) is 3.32. The highest BCUT2D eigenvalue weighted by Crippen LogP contribution is 2.22. The van der Waals surface area contributed by atoms with Crippen molar-refractivity contribution in [3.8, 4) is 11.6 Å². The normalized spacial score (nSPS) is 10.7. The lowest BCUT2D eigenvalue weighted by molar-refractivity contribution is 0.0944. The van der Waals surface area contributed by atoms with E-state index in [4.69, 9.17) is 0 Å². The van der Waals surface area contributed by atoms with Gasteiger partial charge in [0.25, 0.3) is 5.91 Å². The molecule has 0 saturated carbocycles. The van der Waals surface area contributed by atoms with Gasteiger partial charge < -0.3 is 10.4 Å². The van der Waals surface area contributed by atoms with Crippen molar-refractivity contribution in [2.75, 3.05) is 0 Å². The van der Waals surface area contributed by atoms with Crippen LogP contribution in [-0.4, -0.2) is 25.5 Å². The summed E-state index contributed by atoms with van der Waals surface area (Å²) >= 11 is 0. The molecule has 6 nitrogen and oxygen atoms in total. The number of amides is 1. The molecule has 3 rings (SSSR count).